The molecule has 3 rings (SSSR count). The van der Waals surface area contributed by atoms with Crippen molar-refractivity contribution < 1.29 is 14.4 Å². The molecule has 5 nitrogen and oxygen atoms in total. The number of nitrogens with zero attached hydrogens (tertiary/aromatic N) is 1. The Balaban J connectivity index is 1.78. The van der Waals surface area contributed by atoms with E-state index in [1.807, 2.05) is 6.07 Å². The van der Waals surface area contributed by atoms with Crippen molar-refractivity contribution in [3.63, 3.8) is 0 Å². The van der Waals surface area contributed by atoms with Crippen LogP contribution in [0.3, 0.4) is 0 Å². The third-order valence-corrected chi connectivity index (χ3v) is 4.08. The van der Waals surface area contributed by atoms with E-state index < -0.39 is 0 Å². The maximum Gasteiger partial charge on any atom is 0.311 e. The highest BCUT2D eigenvalue weighted by atomic mass is 16.6. The van der Waals surface area contributed by atoms with Gasteiger partial charge in [-0.1, -0.05) is 25.3 Å². The molecule has 2 fully saturated rings. The Morgan fingerprint density at radius 1 is 1.30 bits per heavy atom. The molecule has 1 aliphatic heterocycles. The van der Waals surface area contributed by atoms with Crippen LogP contribution in [0.15, 0.2) is 18.2 Å². The van der Waals surface area contributed by atoms with Gasteiger partial charge in [0.15, 0.2) is 5.75 Å². The number of nitro groups is 1. The number of hydrogen-bond donors (Lipinski definition) is 0. The lowest BCUT2D eigenvalue weighted by molar-refractivity contribution is -0.386. The lowest BCUT2D eigenvalue weighted by Crippen LogP contribution is -2.08. The van der Waals surface area contributed by atoms with Crippen LogP contribution in [0.25, 0.3) is 0 Å². The van der Waals surface area contributed by atoms with Gasteiger partial charge in [-0.3, -0.25) is 10.1 Å². The Bertz CT molecular complexity index is 493. The molecule has 1 aliphatic carbocycles. The molecule has 1 atom stereocenters. The van der Waals surface area contributed by atoms with Gasteiger partial charge in [-0.05, 0) is 30.4 Å². The molecule has 0 spiro atoms. The third kappa shape index (κ3) is 3.10. The number of benzene rings is 1. The van der Waals surface area contributed by atoms with Gasteiger partial charge in [-0.15, -0.1) is 0 Å². The zero-order chi connectivity index (χ0) is 13.9. The predicted octanol–water partition coefficient (Wildman–Crippen LogP) is 3.42. The highest BCUT2D eigenvalue weighted by Crippen LogP contribution is 2.37. The minimum Gasteiger partial charge on any atom is -0.484 e. The van der Waals surface area contributed by atoms with Crippen molar-refractivity contribution in [2.75, 3.05) is 13.2 Å². The van der Waals surface area contributed by atoms with Crippen molar-refractivity contribution in [1.29, 1.82) is 0 Å². The van der Waals surface area contributed by atoms with Gasteiger partial charge < -0.3 is 9.47 Å². The van der Waals surface area contributed by atoms with E-state index in [1.54, 1.807) is 12.1 Å². The standard InChI is InChI=1S/C15H19NO4/c17-16(18)14-8-12(11-4-2-1-3-5-11)6-7-15(14)20-10-13-9-19-13/h6-8,11,13H,1-5,9-10H2. The molecule has 1 saturated heterocycles. The molecule has 1 heterocycles. The summed E-state index contributed by atoms with van der Waals surface area (Å²) in [7, 11) is 0. The fraction of sp³-hybridized carbons (Fsp3) is 0.600. The molecule has 0 amide bonds. The fourth-order valence-electron chi connectivity index (χ4n) is 2.84. The number of hydrogen-bond acceptors (Lipinski definition) is 4. The summed E-state index contributed by atoms with van der Waals surface area (Å²) in [4.78, 5) is 10.9. The van der Waals surface area contributed by atoms with Crippen LogP contribution in [0.1, 0.15) is 43.6 Å². The van der Waals surface area contributed by atoms with E-state index >= 15 is 0 Å². The second-order valence-corrected chi connectivity index (χ2v) is 5.59. The second kappa shape index (κ2) is 5.79. The van der Waals surface area contributed by atoms with Crippen LogP contribution in [-0.2, 0) is 4.74 Å². The van der Waals surface area contributed by atoms with E-state index in [-0.39, 0.29) is 16.7 Å². The van der Waals surface area contributed by atoms with Crippen molar-refractivity contribution in [2.45, 2.75) is 44.1 Å². The number of epoxide rings is 1. The third-order valence-electron chi connectivity index (χ3n) is 4.08. The second-order valence-electron chi connectivity index (χ2n) is 5.59. The Morgan fingerprint density at radius 2 is 2.05 bits per heavy atom. The average molecular weight is 277 g/mol. The van der Waals surface area contributed by atoms with Gasteiger partial charge >= 0.3 is 5.69 Å². The Hall–Kier alpha value is -1.62. The maximum absolute atomic E-state index is 11.2. The van der Waals surface area contributed by atoms with Crippen molar-refractivity contribution in [1.82, 2.24) is 0 Å². The lowest BCUT2D eigenvalue weighted by Gasteiger charge is -2.22. The first kappa shape index (κ1) is 13.4. The monoisotopic (exact) mass is 277 g/mol. The number of rotatable bonds is 5. The smallest absolute Gasteiger partial charge is 0.311 e. The molecule has 1 saturated carbocycles. The van der Waals surface area contributed by atoms with Crippen LogP contribution in [0.4, 0.5) is 5.69 Å². The minimum atomic E-state index is -0.352. The van der Waals surface area contributed by atoms with E-state index in [1.165, 1.54) is 19.3 Å². The predicted molar refractivity (Wildman–Crippen MR) is 74.2 cm³/mol. The van der Waals surface area contributed by atoms with Crippen molar-refractivity contribution in [3.05, 3.63) is 33.9 Å². The van der Waals surface area contributed by atoms with Gasteiger partial charge in [0.1, 0.15) is 12.7 Å². The molecule has 0 radical (unpaired) electrons. The summed E-state index contributed by atoms with van der Waals surface area (Å²) >= 11 is 0. The highest BCUT2D eigenvalue weighted by Gasteiger charge is 2.26. The first-order valence-corrected chi connectivity index (χ1v) is 7.27. The summed E-state index contributed by atoms with van der Waals surface area (Å²) in [6, 6.07) is 5.41. The SMILES string of the molecule is O=[N+]([O-])c1cc(C2CCCCC2)ccc1OCC1CO1. The van der Waals surface area contributed by atoms with Crippen molar-refractivity contribution in [2.24, 2.45) is 0 Å². The molecule has 0 aromatic heterocycles. The maximum atomic E-state index is 11.2. The molecule has 2 aliphatic rings. The highest BCUT2D eigenvalue weighted by molar-refractivity contribution is 5.49. The average Bonchev–Trinajstić information content (AvgIpc) is 3.30. The molecular weight excluding hydrogens is 258 g/mol. The molecule has 20 heavy (non-hydrogen) atoms. The van der Waals surface area contributed by atoms with Gasteiger partial charge in [0.25, 0.3) is 0 Å². The van der Waals surface area contributed by atoms with E-state index in [0.717, 1.165) is 18.4 Å². The molecule has 108 valence electrons. The van der Waals surface area contributed by atoms with Crippen molar-refractivity contribution >= 4 is 5.69 Å². The molecule has 1 aromatic carbocycles. The fourth-order valence-corrected chi connectivity index (χ4v) is 2.84. The number of ether oxygens (including phenoxy) is 2. The zero-order valence-electron chi connectivity index (χ0n) is 11.4. The molecule has 5 heteroatoms. The molecule has 1 aromatic rings. The summed E-state index contributed by atoms with van der Waals surface area (Å²) in [5.41, 5.74) is 1.15. The minimum absolute atomic E-state index is 0.0775. The first-order chi connectivity index (χ1) is 9.74. The van der Waals surface area contributed by atoms with Crippen LogP contribution < -0.4 is 4.74 Å². The molecule has 0 N–H and O–H groups in total. The lowest BCUT2D eigenvalue weighted by atomic mass is 9.84. The van der Waals surface area contributed by atoms with Gasteiger partial charge in [0, 0.05) is 6.07 Å². The quantitative estimate of drug-likeness (QED) is 0.470. The van der Waals surface area contributed by atoms with Gasteiger partial charge in [-0.25, -0.2) is 0 Å². The van der Waals surface area contributed by atoms with Gasteiger partial charge in [-0.2, -0.15) is 0 Å². The van der Waals surface area contributed by atoms with E-state index in [4.69, 9.17) is 9.47 Å². The van der Waals surface area contributed by atoms with Crippen LogP contribution >= 0.6 is 0 Å². The van der Waals surface area contributed by atoms with Crippen LogP contribution in [0, 0.1) is 10.1 Å². The normalized spacial score (nSPS) is 22.5. The van der Waals surface area contributed by atoms with E-state index in [0.29, 0.717) is 24.9 Å². The largest absolute Gasteiger partial charge is 0.484 e. The van der Waals surface area contributed by atoms with Crippen LogP contribution in [-0.4, -0.2) is 24.2 Å². The number of nitro benzene ring substituents is 1. The Kier molecular flexibility index (Phi) is 3.87. The van der Waals surface area contributed by atoms with Gasteiger partial charge in [0.05, 0.1) is 11.5 Å². The summed E-state index contributed by atoms with van der Waals surface area (Å²) in [5, 5.41) is 11.2. The van der Waals surface area contributed by atoms with Crippen LogP contribution in [0.2, 0.25) is 0 Å². The van der Waals surface area contributed by atoms with Crippen LogP contribution in [0.5, 0.6) is 5.75 Å². The van der Waals surface area contributed by atoms with Gasteiger partial charge in [0.2, 0.25) is 0 Å². The molecular formula is C15H19NO4. The molecule has 0 bridgehead atoms. The van der Waals surface area contributed by atoms with E-state index in [9.17, 15) is 10.1 Å². The summed E-state index contributed by atoms with van der Waals surface area (Å²) in [6.45, 7) is 1.08. The summed E-state index contributed by atoms with van der Waals surface area (Å²) < 4.78 is 10.6. The molecule has 1 unspecified atom stereocenters. The Labute approximate surface area is 118 Å². The Morgan fingerprint density at radius 3 is 2.70 bits per heavy atom. The van der Waals surface area contributed by atoms with E-state index in [2.05, 4.69) is 0 Å². The van der Waals surface area contributed by atoms with Crippen molar-refractivity contribution in [3.8, 4) is 5.75 Å². The summed E-state index contributed by atoms with van der Waals surface area (Å²) in [6.07, 6.45) is 6.08. The first-order valence-electron chi connectivity index (χ1n) is 7.27. The topological polar surface area (TPSA) is 64.9 Å². The summed E-state index contributed by atoms with van der Waals surface area (Å²) in [5.74, 6) is 0.813. The zero-order valence-corrected chi connectivity index (χ0v) is 11.4.